The summed E-state index contributed by atoms with van der Waals surface area (Å²) in [6, 6.07) is 5.51. The monoisotopic (exact) mass is 419 g/mol. The summed E-state index contributed by atoms with van der Waals surface area (Å²) in [5, 5.41) is 3.49. The number of amides is 1. The number of rotatable bonds is 6. The Hall–Kier alpha value is -1.44. The Morgan fingerprint density at radius 2 is 2.07 bits per heavy atom. The van der Waals surface area contributed by atoms with Gasteiger partial charge in [0.1, 0.15) is 0 Å². The Kier molecular flexibility index (Phi) is 5.75. The summed E-state index contributed by atoms with van der Waals surface area (Å²) in [4.78, 5) is 15.1. The van der Waals surface area contributed by atoms with Crippen LogP contribution in [0, 0.1) is 17.8 Å². The molecule has 2 saturated carbocycles. The number of anilines is 1. The van der Waals surface area contributed by atoms with Crippen molar-refractivity contribution in [1.29, 1.82) is 0 Å². The molecule has 1 amide bonds. The second kappa shape index (κ2) is 8.00. The molecule has 2 fully saturated rings. The Bertz CT molecular complexity index is 883. The van der Waals surface area contributed by atoms with Crippen LogP contribution in [-0.4, -0.2) is 51.9 Å². The lowest BCUT2D eigenvalue weighted by Crippen LogP contribution is -2.45. The maximum absolute atomic E-state index is 13.0. The minimum absolute atomic E-state index is 0.0733. The number of hydrogen-bond donors (Lipinski definition) is 1. The third-order valence-corrected chi connectivity index (χ3v) is 9.07. The predicted octanol–water partition coefficient (Wildman–Crippen LogP) is 2.63. The van der Waals surface area contributed by atoms with Gasteiger partial charge in [0, 0.05) is 32.4 Å². The van der Waals surface area contributed by atoms with Gasteiger partial charge in [0.15, 0.2) is 0 Å². The summed E-state index contributed by atoms with van der Waals surface area (Å²) < 4.78 is 26.1. The number of carbonyl (C=O) groups excluding carboxylic acids is 1. The topological polar surface area (TPSA) is 69.7 Å². The fourth-order valence-corrected chi connectivity index (χ4v) is 6.56. The maximum Gasteiger partial charge on any atom is 0.242 e. The van der Waals surface area contributed by atoms with E-state index in [1.807, 2.05) is 4.90 Å². The SMILES string of the molecule is CC(NCC(=O)N1CCCc2cc(S(=O)(=O)N(C)C)ccc21)C1CC2CCC1C2. The summed E-state index contributed by atoms with van der Waals surface area (Å²) >= 11 is 0. The van der Waals surface area contributed by atoms with Crippen molar-refractivity contribution in [2.75, 3.05) is 32.1 Å². The standard InChI is InChI=1S/C22H33N3O3S/c1-15(20-12-16-6-7-17(20)11-16)23-14-22(26)25-10-4-5-18-13-19(8-9-21(18)25)29(27,28)24(2)3/h8-9,13,15-17,20,23H,4-7,10-12,14H2,1-3H3. The highest BCUT2D eigenvalue weighted by Gasteiger charge is 2.41. The summed E-state index contributed by atoms with van der Waals surface area (Å²) in [5.41, 5.74) is 1.79. The zero-order valence-corrected chi connectivity index (χ0v) is 18.5. The fourth-order valence-electron chi connectivity index (χ4n) is 5.61. The summed E-state index contributed by atoms with van der Waals surface area (Å²) in [5.74, 6) is 2.52. The van der Waals surface area contributed by atoms with Crippen LogP contribution >= 0.6 is 0 Å². The third kappa shape index (κ3) is 3.97. The Balaban J connectivity index is 1.43. The highest BCUT2D eigenvalue weighted by molar-refractivity contribution is 7.89. The van der Waals surface area contributed by atoms with Gasteiger partial charge in [-0.25, -0.2) is 12.7 Å². The molecule has 1 aromatic carbocycles. The first-order valence-electron chi connectivity index (χ1n) is 10.9. The molecule has 7 heteroatoms. The molecule has 6 nitrogen and oxygen atoms in total. The Morgan fingerprint density at radius 3 is 2.72 bits per heavy atom. The normalized spacial score (nSPS) is 27.3. The number of benzene rings is 1. The van der Waals surface area contributed by atoms with E-state index in [9.17, 15) is 13.2 Å². The van der Waals surface area contributed by atoms with E-state index < -0.39 is 10.0 Å². The second-order valence-electron chi connectivity index (χ2n) is 9.24. The quantitative estimate of drug-likeness (QED) is 0.770. The van der Waals surface area contributed by atoms with Gasteiger partial charge in [0.25, 0.3) is 0 Å². The summed E-state index contributed by atoms with van der Waals surface area (Å²) in [6.07, 6.45) is 7.08. The highest BCUT2D eigenvalue weighted by atomic mass is 32.2. The molecule has 1 N–H and O–H groups in total. The third-order valence-electron chi connectivity index (χ3n) is 7.26. The minimum Gasteiger partial charge on any atom is -0.311 e. The van der Waals surface area contributed by atoms with E-state index in [1.165, 1.54) is 44.1 Å². The van der Waals surface area contributed by atoms with Gasteiger partial charge in [-0.1, -0.05) is 6.42 Å². The first kappa shape index (κ1) is 20.8. The van der Waals surface area contributed by atoms with Gasteiger partial charge in [-0.05, 0) is 80.5 Å². The summed E-state index contributed by atoms with van der Waals surface area (Å²) in [6.45, 7) is 3.25. The number of carbonyl (C=O) groups is 1. The van der Waals surface area contributed by atoms with Gasteiger partial charge in [-0.2, -0.15) is 0 Å². The molecule has 4 atom stereocenters. The Morgan fingerprint density at radius 1 is 1.28 bits per heavy atom. The predicted molar refractivity (Wildman–Crippen MR) is 114 cm³/mol. The zero-order chi connectivity index (χ0) is 20.8. The highest BCUT2D eigenvalue weighted by Crippen LogP contribution is 2.49. The molecule has 1 aromatic rings. The van der Waals surface area contributed by atoms with E-state index in [1.54, 1.807) is 18.2 Å². The molecule has 2 bridgehead atoms. The molecule has 0 spiro atoms. The second-order valence-corrected chi connectivity index (χ2v) is 11.4. The van der Waals surface area contributed by atoms with Crippen LogP contribution in [0.2, 0.25) is 0 Å². The van der Waals surface area contributed by atoms with Crippen molar-refractivity contribution in [3.8, 4) is 0 Å². The lowest BCUT2D eigenvalue weighted by atomic mass is 9.84. The molecule has 1 aliphatic heterocycles. The lowest BCUT2D eigenvalue weighted by Gasteiger charge is -2.32. The molecule has 0 saturated heterocycles. The van der Waals surface area contributed by atoms with Crippen LogP contribution in [0.4, 0.5) is 5.69 Å². The van der Waals surface area contributed by atoms with Crippen molar-refractivity contribution in [1.82, 2.24) is 9.62 Å². The van der Waals surface area contributed by atoms with Crippen LogP contribution in [0.25, 0.3) is 0 Å². The van der Waals surface area contributed by atoms with Crippen LogP contribution in [0.5, 0.6) is 0 Å². The molecule has 3 aliphatic rings. The van der Waals surface area contributed by atoms with Crippen LogP contribution in [0.3, 0.4) is 0 Å². The fraction of sp³-hybridized carbons (Fsp3) is 0.682. The van der Waals surface area contributed by atoms with Crippen molar-refractivity contribution in [2.24, 2.45) is 17.8 Å². The lowest BCUT2D eigenvalue weighted by molar-refractivity contribution is -0.118. The number of fused-ring (bicyclic) bond motifs is 3. The summed E-state index contributed by atoms with van der Waals surface area (Å²) in [7, 11) is -0.395. The van der Waals surface area contributed by atoms with E-state index in [-0.39, 0.29) is 5.91 Å². The van der Waals surface area contributed by atoms with E-state index in [0.29, 0.717) is 29.9 Å². The van der Waals surface area contributed by atoms with E-state index in [4.69, 9.17) is 0 Å². The van der Waals surface area contributed by atoms with E-state index >= 15 is 0 Å². The number of hydrogen-bond acceptors (Lipinski definition) is 4. The van der Waals surface area contributed by atoms with Gasteiger partial charge >= 0.3 is 0 Å². The molecular weight excluding hydrogens is 386 g/mol. The van der Waals surface area contributed by atoms with Crippen LogP contribution in [0.1, 0.15) is 44.6 Å². The first-order chi connectivity index (χ1) is 13.8. The van der Waals surface area contributed by atoms with Gasteiger partial charge < -0.3 is 10.2 Å². The van der Waals surface area contributed by atoms with Crippen molar-refractivity contribution in [3.63, 3.8) is 0 Å². The molecule has 0 radical (unpaired) electrons. The van der Waals surface area contributed by atoms with Gasteiger partial charge in [0.2, 0.25) is 15.9 Å². The molecule has 0 aromatic heterocycles. The molecule has 4 unspecified atom stereocenters. The number of aryl methyl sites for hydroxylation is 1. The van der Waals surface area contributed by atoms with Crippen LogP contribution < -0.4 is 10.2 Å². The molecule has 1 heterocycles. The van der Waals surface area contributed by atoms with Crippen molar-refractivity contribution in [3.05, 3.63) is 23.8 Å². The largest absolute Gasteiger partial charge is 0.311 e. The van der Waals surface area contributed by atoms with Gasteiger partial charge in [-0.15, -0.1) is 0 Å². The molecule has 29 heavy (non-hydrogen) atoms. The van der Waals surface area contributed by atoms with Crippen molar-refractivity contribution < 1.29 is 13.2 Å². The number of nitrogens with one attached hydrogen (secondary N) is 1. The van der Waals surface area contributed by atoms with Gasteiger partial charge in [0.05, 0.1) is 11.4 Å². The molecular formula is C22H33N3O3S. The Labute approximate surface area is 174 Å². The van der Waals surface area contributed by atoms with Crippen molar-refractivity contribution >= 4 is 21.6 Å². The zero-order valence-electron chi connectivity index (χ0n) is 17.7. The number of sulfonamides is 1. The average Bonchev–Trinajstić information content (AvgIpc) is 3.34. The van der Waals surface area contributed by atoms with Gasteiger partial charge in [-0.3, -0.25) is 4.79 Å². The molecule has 160 valence electrons. The molecule has 4 rings (SSSR count). The average molecular weight is 420 g/mol. The minimum atomic E-state index is -3.47. The van der Waals surface area contributed by atoms with E-state index in [2.05, 4.69) is 12.2 Å². The number of nitrogens with zero attached hydrogens (tertiary/aromatic N) is 2. The smallest absolute Gasteiger partial charge is 0.242 e. The van der Waals surface area contributed by atoms with Crippen molar-refractivity contribution in [2.45, 2.75) is 56.4 Å². The van der Waals surface area contributed by atoms with Crippen LogP contribution in [0.15, 0.2) is 23.1 Å². The first-order valence-corrected chi connectivity index (χ1v) is 12.3. The van der Waals surface area contributed by atoms with E-state index in [0.717, 1.165) is 35.9 Å². The molecule has 2 aliphatic carbocycles. The van der Waals surface area contributed by atoms with Crippen LogP contribution in [-0.2, 0) is 21.2 Å². The maximum atomic E-state index is 13.0.